The highest BCUT2D eigenvalue weighted by atomic mass is 32.2. The number of carbonyl (C=O) groups excluding carboxylic acids is 1. The molecule has 7 heteroatoms. The SMILES string of the molecule is Cc1ccc(NC(=O)Cc2c(C)nn(C3CCS(=O)(=O)C3)c2C)c(C)c1. The number of nitrogens with one attached hydrogen (secondary N) is 1. The summed E-state index contributed by atoms with van der Waals surface area (Å²) in [6.07, 6.45) is 0.808. The number of benzene rings is 1. The number of hydrogen-bond donors (Lipinski definition) is 1. The van der Waals surface area contributed by atoms with E-state index in [0.717, 1.165) is 33.8 Å². The van der Waals surface area contributed by atoms with Crippen molar-refractivity contribution in [1.29, 1.82) is 0 Å². The lowest BCUT2D eigenvalue weighted by molar-refractivity contribution is -0.115. The van der Waals surface area contributed by atoms with Crippen LogP contribution in [0.25, 0.3) is 0 Å². The molecular weight excluding hydrogens is 350 g/mol. The number of carbonyl (C=O) groups is 1. The second-order valence-electron chi connectivity index (χ2n) is 7.19. The van der Waals surface area contributed by atoms with Gasteiger partial charge >= 0.3 is 0 Å². The lowest BCUT2D eigenvalue weighted by atomic mass is 10.1. The minimum atomic E-state index is -2.98. The van der Waals surface area contributed by atoms with Gasteiger partial charge in [-0.3, -0.25) is 9.48 Å². The van der Waals surface area contributed by atoms with Gasteiger partial charge in [-0.05, 0) is 45.7 Å². The van der Waals surface area contributed by atoms with Gasteiger partial charge < -0.3 is 5.32 Å². The molecule has 1 fully saturated rings. The molecule has 1 aromatic carbocycles. The highest BCUT2D eigenvalue weighted by Gasteiger charge is 2.31. The Bertz CT molecular complexity index is 961. The maximum absolute atomic E-state index is 12.5. The Morgan fingerprint density at radius 3 is 2.62 bits per heavy atom. The van der Waals surface area contributed by atoms with E-state index in [1.165, 1.54) is 0 Å². The lowest BCUT2D eigenvalue weighted by Crippen LogP contribution is -2.17. The van der Waals surface area contributed by atoms with Gasteiger partial charge in [-0.25, -0.2) is 8.42 Å². The number of aryl methyl sites for hydroxylation is 3. The molecule has 6 nitrogen and oxygen atoms in total. The first kappa shape index (κ1) is 18.6. The molecular formula is C19H25N3O3S. The summed E-state index contributed by atoms with van der Waals surface area (Å²) in [6.45, 7) is 7.76. The summed E-state index contributed by atoms with van der Waals surface area (Å²) < 4.78 is 25.3. The zero-order chi connectivity index (χ0) is 19.1. The van der Waals surface area contributed by atoms with E-state index in [4.69, 9.17) is 0 Å². The molecule has 1 aliphatic rings. The molecule has 1 aliphatic heterocycles. The zero-order valence-corrected chi connectivity index (χ0v) is 16.5. The Labute approximate surface area is 154 Å². The largest absolute Gasteiger partial charge is 0.326 e. The molecule has 0 saturated carbocycles. The van der Waals surface area contributed by atoms with E-state index in [0.29, 0.717) is 6.42 Å². The first-order valence-electron chi connectivity index (χ1n) is 8.78. The molecule has 140 valence electrons. The van der Waals surface area contributed by atoms with Crippen molar-refractivity contribution in [3.8, 4) is 0 Å². The number of aromatic nitrogens is 2. The standard InChI is InChI=1S/C19H25N3O3S/c1-12-5-6-18(13(2)9-12)20-19(23)10-17-14(3)21-22(15(17)4)16-7-8-26(24,25)11-16/h5-6,9,16H,7-8,10-11H2,1-4H3,(H,20,23). The molecule has 0 bridgehead atoms. The van der Waals surface area contributed by atoms with Gasteiger partial charge in [0.1, 0.15) is 0 Å². The minimum absolute atomic E-state index is 0.0956. The molecule has 2 heterocycles. The van der Waals surface area contributed by atoms with Crippen molar-refractivity contribution in [2.75, 3.05) is 16.8 Å². The molecule has 1 unspecified atom stereocenters. The van der Waals surface area contributed by atoms with Crippen LogP contribution in [0.3, 0.4) is 0 Å². The van der Waals surface area contributed by atoms with Crippen molar-refractivity contribution in [3.05, 3.63) is 46.3 Å². The highest BCUT2D eigenvalue weighted by molar-refractivity contribution is 7.91. The molecule has 0 radical (unpaired) electrons. The number of sulfone groups is 1. The third-order valence-electron chi connectivity index (χ3n) is 5.02. The Morgan fingerprint density at radius 2 is 2.00 bits per heavy atom. The van der Waals surface area contributed by atoms with Gasteiger partial charge in [-0.1, -0.05) is 17.7 Å². The summed E-state index contributed by atoms with van der Waals surface area (Å²) >= 11 is 0. The van der Waals surface area contributed by atoms with E-state index < -0.39 is 9.84 Å². The third-order valence-corrected chi connectivity index (χ3v) is 6.77. The molecule has 1 saturated heterocycles. The molecule has 1 N–H and O–H groups in total. The number of nitrogens with zero attached hydrogens (tertiary/aromatic N) is 2. The first-order valence-corrected chi connectivity index (χ1v) is 10.6. The quantitative estimate of drug-likeness (QED) is 0.891. The molecule has 26 heavy (non-hydrogen) atoms. The minimum Gasteiger partial charge on any atom is -0.326 e. The van der Waals surface area contributed by atoms with Crippen molar-refractivity contribution >= 4 is 21.4 Å². The predicted octanol–water partition coefficient (Wildman–Crippen LogP) is 2.66. The predicted molar refractivity (Wildman–Crippen MR) is 102 cm³/mol. The first-order chi connectivity index (χ1) is 12.2. The number of anilines is 1. The van der Waals surface area contributed by atoms with Crippen molar-refractivity contribution in [1.82, 2.24) is 9.78 Å². The van der Waals surface area contributed by atoms with Crippen LogP contribution in [0.15, 0.2) is 18.2 Å². The van der Waals surface area contributed by atoms with E-state index in [-0.39, 0.29) is 29.9 Å². The number of hydrogen-bond acceptors (Lipinski definition) is 4. The van der Waals surface area contributed by atoms with E-state index in [9.17, 15) is 13.2 Å². The molecule has 3 rings (SSSR count). The summed E-state index contributed by atoms with van der Waals surface area (Å²) in [6, 6.07) is 5.78. The number of rotatable bonds is 4. The number of amides is 1. The van der Waals surface area contributed by atoms with Gasteiger partial charge in [0.15, 0.2) is 9.84 Å². The van der Waals surface area contributed by atoms with Gasteiger partial charge in [0.05, 0.1) is 29.7 Å². The summed E-state index contributed by atoms with van der Waals surface area (Å²) in [4.78, 5) is 12.5. The van der Waals surface area contributed by atoms with Gasteiger partial charge in [0.2, 0.25) is 5.91 Å². The summed E-state index contributed by atoms with van der Waals surface area (Å²) in [7, 11) is -2.98. The molecule has 1 aromatic heterocycles. The second kappa shape index (κ2) is 6.87. The fourth-order valence-corrected chi connectivity index (χ4v) is 5.28. The Morgan fingerprint density at radius 1 is 1.27 bits per heavy atom. The van der Waals surface area contributed by atoms with Crippen LogP contribution in [0.2, 0.25) is 0 Å². The van der Waals surface area contributed by atoms with E-state index >= 15 is 0 Å². The zero-order valence-electron chi connectivity index (χ0n) is 15.7. The molecule has 1 atom stereocenters. The van der Waals surface area contributed by atoms with E-state index in [2.05, 4.69) is 10.4 Å². The maximum Gasteiger partial charge on any atom is 0.228 e. The summed E-state index contributed by atoms with van der Waals surface area (Å²) in [5.41, 5.74) is 5.52. The van der Waals surface area contributed by atoms with Crippen LogP contribution in [0.5, 0.6) is 0 Å². The van der Waals surface area contributed by atoms with Crippen molar-refractivity contribution in [2.24, 2.45) is 0 Å². The van der Waals surface area contributed by atoms with E-state index in [1.807, 2.05) is 45.9 Å². The topological polar surface area (TPSA) is 81.1 Å². The van der Waals surface area contributed by atoms with Crippen LogP contribution < -0.4 is 5.32 Å². The fraction of sp³-hybridized carbons (Fsp3) is 0.474. The molecule has 0 spiro atoms. The molecule has 0 aliphatic carbocycles. The highest BCUT2D eigenvalue weighted by Crippen LogP contribution is 2.27. The third kappa shape index (κ3) is 3.82. The van der Waals surface area contributed by atoms with Crippen LogP contribution >= 0.6 is 0 Å². The Hall–Kier alpha value is -2.15. The molecule has 2 aromatic rings. The fourth-order valence-electron chi connectivity index (χ4n) is 3.59. The van der Waals surface area contributed by atoms with E-state index in [1.54, 1.807) is 4.68 Å². The van der Waals surface area contributed by atoms with Crippen LogP contribution in [0.4, 0.5) is 5.69 Å². The van der Waals surface area contributed by atoms with Crippen molar-refractivity contribution < 1.29 is 13.2 Å². The van der Waals surface area contributed by atoms with Crippen LogP contribution in [-0.2, 0) is 21.1 Å². The maximum atomic E-state index is 12.5. The molecule has 1 amide bonds. The second-order valence-corrected chi connectivity index (χ2v) is 9.42. The van der Waals surface area contributed by atoms with Crippen molar-refractivity contribution in [3.63, 3.8) is 0 Å². The van der Waals surface area contributed by atoms with Gasteiger partial charge in [-0.2, -0.15) is 5.10 Å². The van der Waals surface area contributed by atoms with Gasteiger partial charge in [0, 0.05) is 16.9 Å². The van der Waals surface area contributed by atoms with Gasteiger partial charge in [0.25, 0.3) is 0 Å². The lowest BCUT2D eigenvalue weighted by Gasteiger charge is -2.12. The van der Waals surface area contributed by atoms with Crippen LogP contribution in [0, 0.1) is 27.7 Å². The summed E-state index contributed by atoms with van der Waals surface area (Å²) in [5, 5.41) is 7.48. The smallest absolute Gasteiger partial charge is 0.228 e. The summed E-state index contributed by atoms with van der Waals surface area (Å²) in [5.74, 6) is 0.239. The van der Waals surface area contributed by atoms with Crippen LogP contribution in [-0.4, -0.2) is 35.6 Å². The average Bonchev–Trinajstić information content (AvgIpc) is 3.04. The van der Waals surface area contributed by atoms with Gasteiger partial charge in [-0.15, -0.1) is 0 Å². The van der Waals surface area contributed by atoms with Crippen LogP contribution in [0.1, 0.15) is 40.5 Å². The normalized spacial score (nSPS) is 18.8. The monoisotopic (exact) mass is 375 g/mol. The van der Waals surface area contributed by atoms with Crippen molar-refractivity contribution in [2.45, 2.75) is 46.6 Å². The Kier molecular flexibility index (Phi) is 4.92. The average molecular weight is 375 g/mol. The Balaban J connectivity index is 1.76.